The highest BCUT2D eigenvalue weighted by Gasteiger charge is 1.95. The predicted octanol–water partition coefficient (Wildman–Crippen LogP) is 3.78. The van der Waals surface area contributed by atoms with E-state index < -0.39 is 0 Å². The summed E-state index contributed by atoms with van der Waals surface area (Å²) in [7, 11) is 0. The van der Waals surface area contributed by atoms with Crippen molar-refractivity contribution in [2.75, 3.05) is 6.54 Å². The molecule has 0 rings (SSSR count). The summed E-state index contributed by atoms with van der Waals surface area (Å²) in [5.74, 6) is 0.461. The normalized spacial score (nSPS) is 12.7. The molecule has 0 aliphatic carbocycles. The van der Waals surface area contributed by atoms with Gasteiger partial charge >= 0.3 is 0 Å². The number of hydrogen-bond donors (Lipinski definition) is 1. The van der Waals surface area contributed by atoms with E-state index in [4.69, 9.17) is 0 Å². The standard InChI is InChI=1S/C16H25NO/c1-4-5-6-7-8-9-10-11-12-13-16(18)17-14-15(2)3/h4-7,10-13,15H,8-9,14H2,1-3H3,(H,17,18)/b5-4-,7-6+,11-10+,13-12+. The van der Waals surface area contributed by atoms with Gasteiger partial charge in [0.15, 0.2) is 0 Å². The largest absolute Gasteiger partial charge is 0.352 e. The molecule has 0 aromatic heterocycles. The number of rotatable bonds is 8. The quantitative estimate of drug-likeness (QED) is 0.395. The number of carbonyl (C=O) groups excluding carboxylic acids is 1. The monoisotopic (exact) mass is 247 g/mol. The van der Waals surface area contributed by atoms with E-state index in [0.29, 0.717) is 5.92 Å². The Kier molecular flexibility index (Phi) is 10.9. The van der Waals surface area contributed by atoms with Gasteiger partial charge in [0.2, 0.25) is 5.91 Å². The summed E-state index contributed by atoms with van der Waals surface area (Å²) in [4.78, 5) is 11.3. The maximum absolute atomic E-state index is 11.3. The fourth-order valence-corrected chi connectivity index (χ4v) is 1.16. The zero-order valence-corrected chi connectivity index (χ0v) is 11.7. The van der Waals surface area contributed by atoms with Gasteiger partial charge in [-0.05, 0) is 25.7 Å². The Balaban J connectivity index is 3.64. The van der Waals surface area contributed by atoms with E-state index in [9.17, 15) is 4.79 Å². The zero-order chi connectivity index (χ0) is 13.6. The Bertz CT molecular complexity index is 322. The molecule has 0 aliphatic heterocycles. The molecule has 0 bridgehead atoms. The minimum atomic E-state index is -0.0265. The van der Waals surface area contributed by atoms with Crippen LogP contribution in [0.3, 0.4) is 0 Å². The van der Waals surface area contributed by atoms with Crippen LogP contribution in [0.2, 0.25) is 0 Å². The molecule has 1 N–H and O–H groups in total. The Labute approximate surface area is 111 Å². The van der Waals surface area contributed by atoms with Crippen LogP contribution in [0.1, 0.15) is 33.6 Å². The summed E-state index contributed by atoms with van der Waals surface area (Å²) < 4.78 is 0. The molecule has 0 saturated heterocycles. The number of nitrogens with one attached hydrogen (secondary N) is 1. The third-order valence-corrected chi connectivity index (χ3v) is 2.12. The average Bonchev–Trinajstić information content (AvgIpc) is 2.34. The molecule has 100 valence electrons. The molecule has 1 amide bonds. The van der Waals surface area contributed by atoms with Gasteiger partial charge in [0.25, 0.3) is 0 Å². The number of hydrogen-bond acceptors (Lipinski definition) is 1. The summed E-state index contributed by atoms with van der Waals surface area (Å²) in [6, 6.07) is 0. The SMILES string of the molecule is C/C=C\C=C\CC/C=C/C=C/C(=O)NCC(C)C. The minimum Gasteiger partial charge on any atom is -0.352 e. The smallest absolute Gasteiger partial charge is 0.243 e. The first kappa shape index (κ1) is 16.4. The summed E-state index contributed by atoms with van der Waals surface area (Å²) in [6.07, 6.45) is 17.5. The van der Waals surface area contributed by atoms with Gasteiger partial charge in [0, 0.05) is 12.6 Å². The second-order valence-electron chi connectivity index (χ2n) is 4.46. The summed E-state index contributed by atoms with van der Waals surface area (Å²) in [5, 5.41) is 2.83. The average molecular weight is 247 g/mol. The first-order valence-electron chi connectivity index (χ1n) is 6.55. The molecule has 0 radical (unpaired) electrons. The van der Waals surface area contributed by atoms with Crippen LogP contribution >= 0.6 is 0 Å². The third-order valence-electron chi connectivity index (χ3n) is 2.12. The molecule has 0 spiro atoms. The number of unbranched alkanes of at least 4 members (excludes halogenated alkanes) is 1. The van der Waals surface area contributed by atoms with Gasteiger partial charge in [-0.3, -0.25) is 4.79 Å². The lowest BCUT2D eigenvalue weighted by atomic mass is 10.2. The second-order valence-corrected chi connectivity index (χ2v) is 4.46. The van der Waals surface area contributed by atoms with Crippen molar-refractivity contribution >= 4 is 5.91 Å². The van der Waals surface area contributed by atoms with Crippen LogP contribution in [-0.2, 0) is 4.79 Å². The van der Waals surface area contributed by atoms with Crippen LogP contribution in [0, 0.1) is 5.92 Å². The maximum Gasteiger partial charge on any atom is 0.243 e. The van der Waals surface area contributed by atoms with Crippen molar-refractivity contribution in [3.05, 3.63) is 48.6 Å². The van der Waals surface area contributed by atoms with Crippen LogP contribution in [0.15, 0.2) is 48.6 Å². The second kappa shape index (κ2) is 11.9. The molecule has 18 heavy (non-hydrogen) atoms. The molecular formula is C16H25NO. The highest BCUT2D eigenvalue weighted by molar-refractivity contribution is 5.87. The molecule has 0 heterocycles. The lowest BCUT2D eigenvalue weighted by molar-refractivity contribution is -0.116. The lowest BCUT2D eigenvalue weighted by Gasteiger charge is -2.03. The molecule has 0 fully saturated rings. The first-order chi connectivity index (χ1) is 8.66. The predicted molar refractivity (Wildman–Crippen MR) is 79.3 cm³/mol. The van der Waals surface area contributed by atoms with Gasteiger partial charge in [-0.25, -0.2) is 0 Å². The summed E-state index contributed by atoms with van der Waals surface area (Å²) >= 11 is 0. The van der Waals surface area contributed by atoms with Gasteiger partial charge in [-0.1, -0.05) is 56.4 Å². The van der Waals surface area contributed by atoms with E-state index >= 15 is 0 Å². The fraction of sp³-hybridized carbons (Fsp3) is 0.438. The Morgan fingerprint density at radius 3 is 2.22 bits per heavy atom. The first-order valence-corrected chi connectivity index (χ1v) is 6.55. The Morgan fingerprint density at radius 2 is 1.67 bits per heavy atom. The van der Waals surface area contributed by atoms with Crippen LogP contribution in [0.25, 0.3) is 0 Å². The summed E-state index contributed by atoms with van der Waals surface area (Å²) in [5.41, 5.74) is 0. The Morgan fingerprint density at radius 1 is 1.06 bits per heavy atom. The molecule has 0 unspecified atom stereocenters. The van der Waals surface area contributed by atoms with Crippen molar-refractivity contribution in [1.29, 1.82) is 0 Å². The number of allylic oxidation sites excluding steroid dienone is 7. The third kappa shape index (κ3) is 12.5. The van der Waals surface area contributed by atoms with E-state index in [1.807, 2.05) is 31.2 Å². The molecule has 0 aromatic rings. The molecule has 2 nitrogen and oxygen atoms in total. The molecule has 0 aromatic carbocycles. The van der Waals surface area contributed by atoms with Crippen molar-refractivity contribution < 1.29 is 4.79 Å². The van der Waals surface area contributed by atoms with Crippen LogP contribution in [0.5, 0.6) is 0 Å². The highest BCUT2D eigenvalue weighted by atomic mass is 16.1. The van der Waals surface area contributed by atoms with Crippen molar-refractivity contribution in [2.45, 2.75) is 33.6 Å². The van der Waals surface area contributed by atoms with Crippen LogP contribution in [-0.4, -0.2) is 12.5 Å². The molecule has 0 aliphatic rings. The van der Waals surface area contributed by atoms with E-state index in [1.54, 1.807) is 12.2 Å². The van der Waals surface area contributed by atoms with Gasteiger partial charge in [-0.2, -0.15) is 0 Å². The van der Waals surface area contributed by atoms with Gasteiger partial charge in [0.1, 0.15) is 0 Å². The zero-order valence-electron chi connectivity index (χ0n) is 11.7. The van der Waals surface area contributed by atoms with Crippen molar-refractivity contribution in [3.63, 3.8) is 0 Å². The van der Waals surface area contributed by atoms with Gasteiger partial charge < -0.3 is 5.32 Å². The van der Waals surface area contributed by atoms with E-state index in [1.165, 1.54) is 0 Å². The fourth-order valence-electron chi connectivity index (χ4n) is 1.16. The van der Waals surface area contributed by atoms with Crippen LogP contribution < -0.4 is 5.32 Å². The summed E-state index contributed by atoms with van der Waals surface area (Å²) in [6.45, 7) is 6.87. The Hall–Kier alpha value is -1.57. The molecular weight excluding hydrogens is 222 g/mol. The van der Waals surface area contributed by atoms with Gasteiger partial charge in [-0.15, -0.1) is 0 Å². The van der Waals surface area contributed by atoms with Crippen molar-refractivity contribution in [3.8, 4) is 0 Å². The number of amides is 1. The molecule has 0 atom stereocenters. The van der Waals surface area contributed by atoms with Crippen molar-refractivity contribution in [1.82, 2.24) is 5.32 Å². The van der Waals surface area contributed by atoms with Crippen LogP contribution in [0.4, 0.5) is 0 Å². The van der Waals surface area contributed by atoms with Gasteiger partial charge in [0.05, 0.1) is 0 Å². The van der Waals surface area contributed by atoms with E-state index in [-0.39, 0.29) is 5.91 Å². The molecule has 0 saturated carbocycles. The molecule has 2 heteroatoms. The van der Waals surface area contributed by atoms with E-state index in [2.05, 4.69) is 31.3 Å². The van der Waals surface area contributed by atoms with E-state index in [0.717, 1.165) is 19.4 Å². The number of carbonyl (C=O) groups is 1. The minimum absolute atomic E-state index is 0.0265. The maximum atomic E-state index is 11.3. The van der Waals surface area contributed by atoms with Crippen molar-refractivity contribution in [2.24, 2.45) is 5.92 Å². The lowest BCUT2D eigenvalue weighted by Crippen LogP contribution is -2.25. The highest BCUT2D eigenvalue weighted by Crippen LogP contribution is 1.94. The topological polar surface area (TPSA) is 29.1 Å².